The standard InChI is InChI=1S/C15H23ClN2/c1-13(12-18-7-2-3-8-18)10-17-11-14-5-4-6-15(16)9-14/h4-6,9,13,17H,2-3,7-8,10-12H2,1H3. The molecule has 1 aliphatic rings. The van der Waals surface area contributed by atoms with Crippen molar-refractivity contribution in [2.45, 2.75) is 26.3 Å². The van der Waals surface area contributed by atoms with Gasteiger partial charge < -0.3 is 10.2 Å². The molecule has 100 valence electrons. The number of benzene rings is 1. The van der Waals surface area contributed by atoms with Crippen LogP contribution in [0.4, 0.5) is 0 Å². The second-order valence-corrected chi connectivity index (χ2v) is 5.81. The van der Waals surface area contributed by atoms with Crippen LogP contribution in [0.3, 0.4) is 0 Å². The summed E-state index contributed by atoms with van der Waals surface area (Å²) in [7, 11) is 0. The fraction of sp³-hybridized carbons (Fsp3) is 0.600. The van der Waals surface area contributed by atoms with E-state index in [2.05, 4.69) is 23.2 Å². The summed E-state index contributed by atoms with van der Waals surface area (Å²) in [5.74, 6) is 0.710. The van der Waals surface area contributed by atoms with Gasteiger partial charge in [0.05, 0.1) is 0 Å². The van der Waals surface area contributed by atoms with Crippen molar-refractivity contribution in [3.63, 3.8) is 0 Å². The minimum atomic E-state index is 0.710. The van der Waals surface area contributed by atoms with Gasteiger partial charge in [-0.2, -0.15) is 0 Å². The lowest BCUT2D eigenvalue weighted by Crippen LogP contribution is -2.31. The summed E-state index contributed by atoms with van der Waals surface area (Å²) in [6.45, 7) is 8.11. The molecule has 0 aliphatic carbocycles. The molecule has 0 spiro atoms. The van der Waals surface area contributed by atoms with Gasteiger partial charge in [0, 0.05) is 18.1 Å². The zero-order valence-corrected chi connectivity index (χ0v) is 11.9. The lowest BCUT2D eigenvalue weighted by Gasteiger charge is -2.20. The van der Waals surface area contributed by atoms with Crippen LogP contribution in [0.25, 0.3) is 0 Å². The molecule has 3 heteroatoms. The Balaban J connectivity index is 1.65. The van der Waals surface area contributed by atoms with Crippen LogP contribution in [0.2, 0.25) is 5.02 Å². The molecule has 1 aromatic rings. The molecule has 0 radical (unpaired) electrons. The van der Waals surface area contributed by atoms with E-state index in [-0.39, 0.29) is 0 Å². The molecule has 0 aromatic heterocycles. The van der Waals surface area contributed by atoms with E-state index in [4.69, 9.17) is 11.6 Å². The van der Waals surface area contributed by atoms with Crippen molar-refractivity contribution >= 4 is 11.6 Å². The highest BCUT2D eigenvalue weighted by Crippen LogP contribution is 2.11. The van der Waals surface area contributed by atoms with Crippen LogP contribution in [0.15, 0.2) is 24.3 Å². The number of hydrogen-bond donors (Lipinski definition) is 1. The van der Waals surface area contributed by atoms with Crippen molar-refractivity contribution in [3.8, 4) is 0 Å². The van der Waals surface area contributed by atoms with E-state index in [9.17, 15) is 0 Å². The van der Waals surface area contributed by atoms with Gasteiger partial charge >= 0.3 is 0 Å². The average Bonchev–Trinajstić information content (AvgIpc) is 2.82. The first-order valence-corrected chi connectivity index (χ1v) is 7.29. The third-order valence-electron chi connectivity index (χ3n) is 3.48. The lowest BCUT2D eigenvalue weighted by molar-refractivity contribution is 0.282. The molecule has 0 saturated carbocycles. The van der Waals surface area contributed by atoms with Crippen molar-refractivity contribution in [2.24, 2.45) is 5.92 Å². The molecule has 1 heterocycles. The maximum absolute atomic E-state index is 5.97. The topological polar surface area (TPSA) is 15.3 Å². The fourth-order valence-corrected chi connectivity index (χ4v) is 2.79. The molecule has 2 nitrogen and oxygen atoms in total. The van der Waals surface area contributed by atoms with E-state index >= 15 is 0 Å². The van der Waals surface area contributed by atoms with Gasteiger partial charge in [-0.1, -0.05) is 30.7 Å². The number of nitrogens with one attached hydrogen (secondary N) is 1. The molecule has 1 N–H and O–H groups in total. The van der Waals surface area contributed by atoms with E-state index in [0.717, 1.165) is 18.1 Å². The molecule has 0 bridgehead atoms. The molecule has 1 atom stereocenters. The van der Waals surface area contributed by atoms with Crippen molar-refractivity contribution in [2.75, 3.05) is 26.2 Å². The van der Waals surface area contributed by atoms with Crippen LogP contribution in [0, 0.1) is 5.92 Å². The third kappa shape index (κ3) is 4.60. The lowest BCUT2D eigenvalue weighted by atomic mass is 10.1. The second kappa shape index (κ2) is 7.13. The second-order valence-electron chi connectivity index (χ2n) is 5.37. The first-order chi connectivity index (χ1) is 8.74. The van der Waals surface area contributed by atoms with Gasteiger partial charge in [-0.05, 0) is 56.1 Å². The van der Waals surface area contributed by atoms with Crippen LogP contribution in [-0.2, 0) is 6.54 Å². The van der Waals surface area contributed by atoms with Crippen molar-refractivity contribution in [1.29, 1.82) is 0 Å². The zero-order chi connectivity index (χ0) is 12.8. The normalized spacial score (nSPS) is 18.1. The summed E-state index contributed by atoms with van der Waals surface area (Å²) in [5, 5.41) is 4.34. The number of nitrogens with zero attached hydrogens (tertiary/aromatic N) is 1. The number of hydrogen-bond acceptors (Lipinski definition) is 2. The molecule has 1 aromatic carbocycles. The highest BCUT2D eigenvalue weighted by molar-refractivity contribution is 6.30. The maximum Gasteiger partial charge on any atom is 0.0409 e. The Morgan fingerprint density at radius 2 is 2.11 bits per heavy atom. The largest absolute Gasteiger partial charge is 0.312 e. The summed E-state index contributed by atoms with van der Waals surface area (Å²) >= 11 is 5.97. The van der Waals surface area contributed by atoms with E-state index in [0.29, 0.717) is 5.92 Å². The molecule has 1 fully saturated rings. The Morgan fingerprint density at radius 3 is 2.83 bits per heavy atom. The Morgan fingerprint density at radius 1 is 1.33 bits per heavy atom. The van der Waals surface area contributed by atoms with Gasteiger partial charge in [-0.15, -0.1) is 0 Å². The van der Waals surface area contributed by atoms with Gasteiger partial charge in [0.15, 0.2) is 0 Å². The van der Waals surface area contributed by atoms with E-state index < -0.39 is 0 Å². The molecule has 1 unspecified atom stereocenters. The summed E-state index contributed by atoms with van der Waals surface area (Å²) in [5.41, 5.74) is 1.26. The summed E-state index contributed by atoms with van der Waals surface area (Å²) in [4.78, 5) is 2.58. The monoisotopic (exact) mass is 266 g/mol. The molecule has 0 amide bonds. The van der Waals surface area contributed by atoms with E-state index in [1.165, 1.54) is 38.0 Å². The van der Waals surface area contributed by atoms with Crippen molar-refractivity contribution < 1.29 is 0 Å². The van der Waals surface area contributed by atoms with Crippen LogP contribution < -0.4 is 5.32 Å². The Hall–Kier alpha value is -0.570. The smallest absolute Gasteiger partial charge is 0.0409 e. The van der Waals surface area contributed by atoms with Gasteiger partial charge in [0.1, 0.15) is 0 Å². The highest BCUT2D eigenvalue weighted by Gasteiger charge is 2.14. The third-order valence-corrected chi connectivity index (χ3v) is 3.71. The Labute approximate surface area is 115 Å². The molecule has 18 heavy (non-hydrogen) atoms. The number of likely N-dealkylation sites (tertiary alicyclic amines) is 1. The van der Waals surface area contributed by atoms with Gasteiger partial charge in [0.2, 0.25) is 0 Å². The Kier molecular flexibility index (Phi) is 5.48. The predicted octanol–water partition coefficient (Wildman–Crippen LogP) is 3.16. The Bertz CT molecular complexity index is 361. The summed E-state index contributed by atoms with van der Waals surface area (Å²) < 4.78 is 0. The van der Waals surface area contributed by atoms with Crippen molar-refractivity contribution in [1.82, 2.24) is 10.2 Å². The van der Waals surface area contributed by atoms with Crippen LogP contribution in [-0.4, -0.2) is 31.1 Å². The minimum absolute atomic E-state index is 0.710. The SMILES string of the molecule is CC(CNCc1cccc(Cl)c1)CN1CCCC1. The van der Waals surface area contributed by atoms with Crippen molar-refractivity contribution in [3.05, 3.63) is 34.9 Å². The average molecular weight is 267 g/mol. The first-order valence-electron chi connectivity index (χ1n) is 6.91. The predicted molar refractivity (Wildman–Crippen MR) is 78.0 cm³/mol. The van der Waals surface area contributed by atoms with E-state index in [1.807, 2.05) is 18.2 Å². The van der Waals surface area contributed by atoms with Crippen LogP contribution >= 0.6 is 11.6 Å². The molecule has 1 saturated heterocycles. The molecular weight excluding hydrogens is 244 g/mol. The van der Waals surface area contributed by atoms with Crippen LogP contribution in [0.5, 0.6) is 0 Å². The number of rotatable bonds is 6. The van der Waals surface area contributed by atoms with E-state index in [1.54, 1.807) is 0 Å². The zero-order valence-electron chi connectivity index (χ0n) is 11.2. The summed E-state index contributed by atoms with van der Waals surface area (Å²) in [6.07, 6.45) is 2.76. The van der Waals surface area contributed by atoms with Gasteiger partial charge in [0.25, 0.3) is 0 Å². The number of halogens is 1. The highest BCUT2D eigenvalue weighted by atomic mass is 35.5. The first kappa shape index (κ1) is 13.9. The minimum Gasteiger partial charge on any atom is -0.312 e. The molecule has 2 rings (SSSR count). The van der Waals surface area contributed by atoms with Gasteiger partial charge in [-0.3, -0.25) is 0 Å². The molecular formula is C15H23ClN2. The fourth-order valence-electron chi connectivity index (χ4n) is 2.58. The maximum atomic E-state index is 5.97. The summed E-state index contributed by atoms with van der Waals surface area (Å²) in [6, 6.07) is 8.07. The van der Waals surface area contributed by atoms with Crippen LogP contribution in [0.1, 0.15) is 25.3 Å². The molecule has 1 aliphatic heterocycles. The quantitative estimate of drug-likeness (QED) is 0.851. The van der Waals surface area contributed by atoms with Gasteiger partial charge in [-0.25, -0.2) is 0 Å².